The third-order valence-electron chi connectivity index (χ3n) is 3.74. The molecule has 3 nitrogen and oxygen atoms in total. The van der Waals surface area contributed by atoms with Gasteiger partial charge in [0.1, 0.15) is 0 Å². The van der Waals surface area contributed by atoms with Gasteiger partial charge in [0.2, 0.25) is 0 Å². The zero-order valence-corrected chi connectivity index (χ0v) is 12.8. The summed E-state index contributed by atoms with van der Waals surface area (Å²) in [5, 5.41) is 12.6. The molecule has 0 aromatic heterocycles. The van der Waals surface area contributed by atoms with Gasteiger partial charge in [0.15, 0.2) is 0 Å². The molecule has 0 aliphatic carbocycles. The summed E-state index contributed by atoms with van der Waals surface area (Å²) in [6, 6.07) is 7.99. The lowest BCUT2D eigenvalue weighted by Crippen LogP contribution is -2.54. The Labute approximate surface area is 117 Å². The second kappa shape index (κ2) is 5.41. The van der Waals surface area contributed by atoms with Gasteiger partial charge in [-0.05, 0) is 45.4 Å². The average molecular weight is 314 g/mol. The number of hydrogen-bond donors (Lipinski definition) is 2. The second-order valence-electron chi connectivity index (χ2n) is 5.54. The van der Waals surface area contributed by atoms with E-state index < -0.39 is 16.9 Å². The van der Waals surface area contributed by atoms with E-state index in [4.69, 9.17) is 0 Å². The molecule has 0 atom stereocenters. The highest BCUT2D eigenvalue weighted by molar-refractivity contribution is 9.10. The minimum absolute atomic E-state index is 0.494. The van der Waals surface area contributed by atoms with Crippen LogP contribution in [0.2, 0.25) is 0 Å². The molecule has 0 amide bonds. The van der Waals surface area contributed by atoms with Crippen molar-refractivity contribution in [2.75, 3.05) is 0 Å². The topological polar surface area (TPSA) is 49.3 Å². The fourth-order valence-corrected chi connectivity index (χ4v) is 1.68. The van der Waals surface area contributed by atoms with Crippen molar-refractivity contribution in [2.24, 2.45) is 5.41 Å². The maximum Gasteiger partial charge on any atom is 0.310 e. The Kier molecular flexibility index (Phi) is 4.56. The van der Waals surface area contributed by atoms with Crippen LogP contribution >= 0.6 is 15.9 Å². The van der Waals surface area contributed by atoms with E-state index >= 15 is 0 Å². The van der Waals surface area contributed by atoms with Gasteiger partial charge in [-0.1, -0.05) is 28.1 Å². The summed E-state index contributed by atoms with van der Waals surface area (Å²) in [6.07, 6.45) is 0. The van der Waals surface area contributed by atoms with Gasteiger partial charge >= 0.3 is 5.97 Å². The van der Waals surface area contributed by atoms with Crippen LogP contribution in [-0.2, 0) is 11.3 Å². The first-order valence-corrected chi connectivity index (χ1v) is 6.69. The summed E-state index contributed by atoms with van der Waals surface area (Å²) in [5.41, 5.74) is -0.193. The molecule has 0 saturated heterocycles. The molecule has 0 heterocycles. The number of carboxylic acid groups (broad SMARTS) is 1. The van der Waals surface area contributed by atoms with Crippen molar-refractivity contribution in [3.05, 3.63) is 34.3 Å². The second-order valence-corrected chi connectivity index (χ2v) is 6.45. The zero-order valence-electron chi connectivity index (χ0n) is 11.2. The number of carbonyl (C=O) groups is 1. The molecular formula is C14H20BrNO2. The van der Waals surface area contributed by atoms with Crippen LogP contribution in [0.4, 0.5) is 0 Å². The van der Waals surface area contributed by atoms with Crippen LogP contribution in [0, 0.1) is 5.41 Å². The Balaban J connectivity index is 2.73. The van der Waals surface area contributed by atoms with Gasteiger partial charge in [-0.15, -0.1) is 0 Å². The van der Waals surface area contributed by atoms with Gasteiger partial charge < -0.3 is 10.4 Å². The number of rotatable bonds is 5. The standard InChI is InChI=1S/C14H20BrNO2/c1-13(2,12(17)18)14(3,4)16-9-10-5-7-11(15)8-6-10/h5-8,16H,9H2,1-4H3,(H,17,18). The molecule has 1 aromatic carbocycles. The first-order valence-electron chi connectivity index (χ1n) is 5.90. The Morgan fingerprint density at radius 1 is 1.22 bits per heavy atom. The largest absolute Gasteiger partial charge is 0.481 e. The van der Waals surface area contributed by atoms with Crippen LogP contribution in [0.1, 0.15) is 33.3 Å². The maximum atomic E-state index is 11.3. The summed E-state index contributed by atoms with van der Waals surface area (Å²) in [5.74, 6) is -0.796. The summed E-state index contributed by atoms with van der Waals surface area (Å²) < 4.78 is 1.04. The molecule has 4 heteroatoms. The molecule has 2 N–H and O–H groups in total. The fourth-order valence-electron chi connectivity index (χ4n) is 1.41. The van der Waals surface area contributed by atoms with Gasteiger partial charge in [-0.3, -0.25) is 4.79 Å². The van der Waals surface area contributed by atoms with Crippen LogP contribution in [0.3, 0.4) is 0 Å². The first-order chi connectivity index (χ1) is 8.17. The minimum atomic E-state index is -0.831. The lowest BCUT2D eigenvalue weighted by molar-refractivity contribution is -0.151. The minimum Gasteiger partial charge on any atom is -0.481 e. The van der Waals surface area contributed by atoms with Crippen molar-refractivity contribution in [1.29, 1.82) is 0 Å². The predicted octanol–water partition coefficient (Wildman–Crippen LogP) is 3.43. The van der Waals surface area contributed by atoms with Crippen molar-refractivity contribution >= 4 is 21.9 Å². The molecule has 0 spiro atoms. The van der Waals surface area contributed by atoms with Crippen LogP contribution in [0.5, 0.6) is 0 Å². The van der Waals surface area contributed by atoms with E-state index in [0.717, 1.165) is 10.0 Å². The molecule has 0 fully saturated rings. The van der Waals surface area contributed by atoms with Gasteiger partial charge in [0, 0.05) is 16.6 Å². The molecule has 0 aliphatic heterocycles. The van der Waals surface area contributed by atoms with Gasteiger partial charge in [0.25, 0.3) is 0 Å². The Hall–Kier alpha value is -0.870. The summed E-state index contributed by atoms with van der Waals surface area (Å²) in [6.45, 7) is 7.96. The van der Waals surface area contributed by atoms with Crippen LogP contribution in [0.25, 0.3) is 0 Å². The molecule has 18 heavy (non-hydrogen) atoms. The van der Waals surface area contributed by atoms with Crippen molar-refractivity contribution in [2.45, 2.75) is 39.8 Å². The highest BCUT2D eigenvalue weighted by Gasteiger charge is 2.42. The zero-order chi connectivity index (χ0) is 14.0. The van der Waals surface area contributed by atoms with Crippen LogP contribution in [-0.4, -0.2) is 16.6 Å². The SMILES string of the molecule is CC(C)(NCc1ccc(Br)cc1)C(C)(C)C(=O)O. The Morgan fingerprint density at radius 3 is 2.17 bits per heavy atom. The fraction of sp³-hybridized carbons (Fsp3) is 0.500. The van der Waals surface area contributed by atoms with E-state index in [1.165, 1.54) is 0 Å². The number of aliphatic carboxylic acids is 1. The molecule has 1 aromatic rings. The molecular weight excluding hydrogens is 294 g/mol. The average Bonchev–Trinajstić information content (AvgIpc) is 2.28. The molecule has 0 unspecified atom stereocenters. The van der Waals surface area contributed by atoms with Gasteiger partial charge in [-0.25, -0.2) is 0 Å². The smallest absolute Gasteiger partial charge is 0.310 e. The van der Waals surface area contributed by atoms with E-state index in [2.05, 4.69) is 21.2 Å². The predicted molar refractivity (Wildman–Crippen MR) is 76.5 cm³/mol. The van der Waals surface area contributed by atoms with E-state index in [0.29, 0.717) is 6.54 Å². The summed E-state index contributed by atoms with van der Waals surface area (Å²) in [7, 11) is 0. The molecule has 0 bridgehead atoms. The maximum absolute atomic E-state index is 11.3. The lowest BCUT2D eigenvalue weighted by atomic mass is 9.74. The first kappa shape index (κ1) is 15.2. The molecule has 0 aliphatic rings. The van der Waals surface area contributed by atoms with Crippen LogP contribution < -0.4 is 5.32 Å². The highest BCUT2D eigenvalue weighted by Crippen LogP contribution is 2.31. The number of benzene rings is 1. The highest BCUT2D eigenvalue weighted by atomic mass is 79.9. The van der Waals surface area contributed by atoms with E-state index in [9.17, 15) is 9.90 Å². The molecule has 100 valence electrons. The van der Waals surface area contributed by atoms with Crippen molar-refractivity contribution < 1.29 is 9.90 Å². The number of nitrogens with one attached hydrogen (secondary N) is 1. The molecule has 0 saturated carbocycles. The Morgan fingerprint density at radius 2 is 1.72 bits per heavy atom. The quantitative estimate of drug-likeness (QED) is 0.875. The van der Waals surface area contributed by atoms with E-state index in [-0.39, 0.29) is 0 Å². The van der Waals surface area contributed by atoms with E-state index in [1.807, 2.05) is 38.1 Å². The Bertz CT molecular complexity index is 424. The van der Waals surface area contributed by atoms with Crippen LogP contribution in [0.15, 0.2) is 28.7 Å². The third-order valence-corrected chi connectivity index (χ3v) is 4.27. The molecule has 1 rings (SSSR count). The van der Waals surface area contributed by atoms with Crippen molar-refractivity contribution in [3.63, 3.8) is 0 Å². The van der Waals surface area contributed by atoms with Gasteiger partial charge in [0.05, 0.1) is 5.41 Å². The van der Waals surface area contributed by atoms with Gasteiger partial charge in [-0.2, -0.15) is 0 Å². The summed E-state index contributed by atoms with van der Waals surface area (Å²) in [4.78, 5) is 11.3. The third kappa shape index (κ3) is 3.33. The van der Waals surface area contributed by atoms with Crippen molar-refractivity contribution in [3.8, 4) is 0 Å². The number of halogens is 1. The monoisotopic (exact) mass is 313 g/mol. The number of hydrogen-bond acceptors (Lipinski definition) is 2. The van der Waals surface area contributed by atoms with Crippen molar-refractivity contribution in [1.82, 2.24) is 5.32 Å². The normalized spacial score (nSPS) is 12.5. The summed E-state index contributed by atoms with van der Waals surface area (Å²) >= 11 is 3.39. The van der Waals surface area contributed by atoms with E-state index in [1.54, 1.807) is 13.8 Å². The molecule has 0 radical (unpaired) electrons. The number of carboxylic acids is 1. The lowest BCUT2D eigenvalue weighted by Gasteiger charge is -2.39.